The van der Waals surface area contributed by atoms with Crippen LogP contribution in [0, 0.1) is 0 Å². The third-order valence-electron chi connectivity index (χ3n) is 5.56. The van der Waals surface area contributed by atoms with Crippen LogP contribution in [0.25, 0.3) is 22.2 Å². The van der Waals surface area contributed by atoms with E-state index in [0.29, 0.717) is 5.82 Å². The van der Waals surface area contributed by atoms with Gasteiger partial charge < -0.3 is 4.57 Å². The average Bonchev–Trinajstić information content (AvgIpc) is 3.21. The Bertz CT molecular complexity index is 1320. The molecule has 1 atom stereocenters. The number of nitrogens with zero attached hydrogens (tertiary/aromatic N) is 4. The van der Waals surface area contributed by atoms with Crippen molar-refractivity contribution in [1.82, 2.24) is 20.5 Å². The molecule has 0 radical (unpaired) electrons. The van der Waals surface area contributed by atoms with Gasteiger partial charge in [-0.3, -0.25) is 15.4 Å². The molecule has 0 fully saturated rings. The second-order valence-corrected chi connectivity index (χ2v) is 11.3. The average molecular weight is 430 g/mol. The minimum atomic E-state index is -2.29. The smallest absolute Gasteiger partial charge is 0.190 e. The van der Waals surface area contributed by atoms with Gasteiger partial charge in [0.05, 0.1) is 23.4 Å². The summed E-state index contributed by atoms with van der Waals surface area (Å²) in [6, 6.07) is 18.0. The van der Waals surface area contributed by atoms with Gasteiger partial charge in [-0.15, -0.1) is 5.53 Å². The molecule has 8 heteroatoms. The lowest BCUT2D eigenvalue weighted by Crippen LogP contribution is -2.38. The van der Waals surface area contributed by atoms with Crippen LogP contribution in [0.4, 0.5) is 11.6 Å². The SMILES string of the molecule is CC(c1ccc2ncccc2c1)N1NNc2ncc(-c3ccc(P(C)(C)=O)cc3)nc21. The van der Waals surface area contributed by atoms with Crippen LogP contribution in [0.2, 0.25) is 0 Å². The molecule has 2 aromatic carbocycles. The van der Waals surface area contributed by atoms with Crippen LogP contribution in [0.3, 0.4) is 0 Å². The van der Waals surface area contributed by atoms with Gasteiger partial charge in [-0.2, -0.15) is 0 Å². The number of anilines is 2. The van der Waals surface area contributed by atoms with Crippen molar-refractivity contribution in [2.75, 3.05) is 23.8 Å². The number of benzene rings is 2. The molecular weight excluding hydrogens is 407 g/mol. The van der Waals surface area contributed by atoms with E-state index in [1.54, 1.807) is 25.7 Å². The molecule has 1 aliphatic rings. The largest absolute Gasteiger partial charge is 0.319 e. The minimum absolute atomic E-state index is 0.0105. The molecule has 1 unspecified atom stereocenters. The van der Waals surface area contributed by atoms with Crippen molar-refractivity contribution in [3.05, 3.63) is 72.6 Å². The monoisotopic (exact) mass is 430 g/mol. The second-order valence-electron chi connectivity index (χ2n) is 8.06. The normalized spacial score (nSPS) is 14.4. The summed E-state index contributed by atoms with van der Waals surface area (Å²) in [7, 11) is -2.29. The molecule has 0 amide bonds. The molecule has 0 saturated heterocycles. The van der Waals surface area contributed by atoms with Crippen molar-refractivity contribution < 1.29 is 4.57 Å². The van der Waals surface area contributed by atoms with Crippen LogP contribution in [0.1, 0.15) is 18.5 Å². The van der Waals surface area contributed by atoms with Crippen molar-refractivity contribution in [1.29, 1.82) is 0 Å². The summed E-state index contributed by atoms with van der Waals surface area (Å²) in [5, 5.41) is 3.93. The standard InChI is InChI=1S/C23H23N6OP/c1-15(17-8-11-20-18(13-17)5-4-12-24-20)29-23-22(27-28-29)25-14-21(26-23)16-6-9-19(10-7-16)31(2,3)30/h4-15,28H,1-3H3,(H,25,27). The van der Waals surface area contributed by atoms with Crippen LogP contribution in [-0.4, -0.2) is 28.3 Å². The Morgan fingerprint density at radius 3 is 2.61 bits per heavy atom. The number of fused-ring (bicyclic) bond motifs is 2. The molecule has 2 N–H and O–H groups in total. The third kappa shape index (κ3) is 3.67. The van der Waals surface area contributed by atoms with Crippen LogP contribution >= 0.6 is 7.14 Å². The lowest BCUT2D eigenvalue weighted by Gasteiger charge is -2.25. The molecule has 5 rings (SSSR count). The quantitative estimate of drug-likeness (QED) is 0.466. The molecule has 2 aromatic heterocycles. The minimum Gasteiger partial charge on any atom is -0.319 e. The van der Waals surface area contributed by atoms with Crippen molar-refractivity contribution in [3.63, 3.8) is 0 Å². The number of pyridine rings is 1. The molecule has 156 valence electrons. The Kier molecular flexibility index (Phi) is 4.73. The van der Waals surface area contributed by atoms with Crippen LogP contribution in [0.15, 0.2) is 67.0 Å². The number of rotatable bonds is 4. The Hall–Kier alpha value is -3.28. The van der Waals surface area contributed by atoms with E-state index in [-0.39, 0.29) is 6.04 Å². The van der Waals surface area contributed by atoms with E-state index in [1.807, 2.05) is 41.4 Å². The number of aromatic nitrogens is 3. The van der Waals surface area contributed by atoms with E-state index >= 15 is 0 Å². The zero-order valence-electron chi connectivity index (χ0n) is 17.6. The summed E-state index contributed by atoms with van der Waals surface area (Å²) < 4.78 is 12.3. The molecule has 31 heavy (non-hydrogen) atoms. The predicted octanol–water partition coefficient (Wildman–Crippen LogP) is 4.35. The van der Waals surface area contributed by atoms with E-state index in [4.69, 9.17) is 4.98 Å². The van der Waals surface area contributed by atoms with Gasteiger partial charge in [-0.05, 0) is 44.0 Å². The molecule has 3 heterocycles. The first-order chi connectivity index (χ1) is 14.9. The van der Waals surface area contributed by atoms with Gasteiger partial charge in [0.15, 0.2) is 11.6 Å². The van der Waals surface area contributed by atoms with E-state index in [0.717, 1.165) is 38.8 Å². The summed E-state index contributed by atoms with van der Waals surface area (Å²) >= 11 is 0. The van der Waals surface area contributed by atoms with Crippen molar-refractivity contribution >= 4 is 35.0 Å². The van der Waals surface area contributed by atoms with Crippen molar-refractivity contribution in [2.45, 2.75) is 13.0 Å². The van der Waals surface area contributed by atoms with E-state index in [9.17, 15) is 4.57 Å². The van der Waals surface area contributed by atoms with E-state index in [2.05, 4.69) is 46.1 Å². The molecule has 0 aliphatic carbocycles. The maximum absolute atomic E-state index is 12.3. The van der Waals surface area contributed by atoms with Crippen molar-refractivity contribution in [2.24, 2.45) is 0 Å². The molecule has 4 aromatic rings. The molecule has 0 saturated carbocycles. The Labute approximate surface area is 180 Å². The molecule has 1 aliphatic heterocycles. The molecule has 0 bridgehead atoms. The highest BCUT2D eigenvalue weighted by Gasteiger charge is 2.27. The first kappa shape index (κ1) is 19.7. The topological polar surface area (TPSA) is 83.0 Å². The van der Waals surface area contributed by atoms with Gasteiger partial charge >= 0.3 is 0 Å². The summed E-state index contributed by atoms with van der Waals surface area (Å²) in [6.07, 6.45) is 3.55. The zero-order valence-corrected chi connectivity index (χ0v) is 18.5. The Balaban J connectivity index is 1.47. The van der Waals surface area contributed by atoms with Gasteiger partial charge in [-0.25, -0.2) is 9.97 Å². The Morgan fingerprint density at radius 1 is 1.03 bits per heavy atom. The van der Waals surface area contributed by atoms with E-state index < -0.39 is 7.14 Å². The lowest BCUT2D eigenvalue weighted by atomic mass is 10.0. The fourth-order valence-electron chi connectivity index (χ4n) is 3.72. The summed E-state index contributed by atoms with van der Waals surface area (Å²) in [5.41, 5.74) is 10.1. The zero-order chi connectivity index (χ0) is 21.6. The fourth-order valence-corrected chi connectivity index (χ4v) is 4.58. The molecule has 0 spiro atoms. The first-order valence-corrected chi connectivity index (χ1v) is 12.7. The summed E-state index contributed by atoms with van der Waals surface area (Å²) in [5.74, 6) is 1.42. The van der Waals surface area contributed by atoms with Gasteiger partial charge in [-0.1, -0.05) is 36.4 Å². The highest BCUT2D eigenvalue weighted by atomic mass is 31.2. The second kappa shape index (κ2) is 7.45. The van der Waals surface area contributed by atoms with Crippen LogP contribution < -0.4 is 21.3 Å². The molecule has 7 nitrogen and oxygen atoms in total. The maximum Gasteiger partial charge on any atom is 0.190 e. The number of nitrogens with one attached hydrogen (secondary N) is 2. The predicted molar refractivity (Wildman–Crippen MR) is 126 cm³/mol. The van der Waals surface area contributed by atoms with Gasteiger partial charge in [0, 0.05) is 22.5 Å². The van der Waals surface area contributed by atoms with Gasteiger partial charge in [0.25, 0.3) is 0 Å². The number of hydrogen-bond donors (Lipinski definition) is 2. The van der Waals surface area contributed by atoms with Crippen molar-refractivity contribution in [3.8, 4) is 11.3 Å². The van der Waals surface area contributed by atoms with Gasteiger partial charge in [0.2, 0.25) is 0 Å². The first-order valence-electron chi connectivity index (χ1n) is 10.1. The number of hydrazine groups is 2. The molecular formula is C23H23N6OP. The highest BCUT2D eigenvalue weighted by molar-refractivity contribution is 7.70. The third-order valence-corrected chi connectivity index (χ3v) is 7.10. The fraction of sp³-hybridized carbons (Fsp3) is 0.174. The summed E-state index contributed by atoms with van der Waals surface area (Å²) in [6.45, 7) is 5.66. The van der Waals surface area contributed by atoms with Crippen LogP contribution in [-0.2, 0) is 4.57 Å². The van der Waals surface area contributed by atoms with Crippen LogP contribution in [0.5, 0.6) is 0 Å². The number of hydrogen-bond acceptors (Lipinski definition) is 7. The van der Waals surface area contributed by atoms with Gasteiger partial charge in [0.1, 0.15) is 7.14 Å². The summed E-state index contributed by atoms with van der Waals surface area (Å²) in [4.78, 5) is 13.8. The lowest BCUT2D eigenvalue weighted by molar-refractivity contribution is 0.588. The van der Waals surface area contributed by atoms with E-state index in [1.165, 1.54) is 0 Å². The maximum atomic E-state index is 12.3. The highest BCUT2D eigenvalue weighted by Crippen LogP contribution is 2.36. The Morgan fingerprint density at radius 2 is 1.84 bits per heavy atom.